The number of anilines is 1. The summed E-state index contributed by atoms with van der Waals surface area (Å²) in [7, 11) is 0. The van der Waals surface area contributed by atoms with Crippen LogP contribution in [0.5, 0.6) is 0 Å². The maximum Gasteiger partial charge on any atom is 0.265 e. The molecule has 0 aliphatic carbocycles. The van der Waals surface area contributed by atoms with Crippen LogP contribution in [-0.2, 0) is 11.2 Å². The molecule has 1 aromatic heterocycles. The lowest BCUT2D eigenvalue weighted by molar-refractivity contribution is -0.116. The first-order valence-corrected chi connectivity index (χ1v) is 10.0. The minimum atomic E-state index is -0.101. The largest absolute Gasteiger partial charge is 0.326 e. The van der Waals surface area contributed by atoms with Crippen molar-refractivity contribution >= 4 is 22.5 Å². The molecule has 150 valence electrons. The molecule has 0 fully saturated rings. The highest BCUT2D eigenvalue weighted by molar-refractivity contribution is 5.90. The Bertz CT molecular complexity index is 1230. The molecule has 3 aromatic carbocycles. The number of para-hydroxylation sites is 1. The summed E-state index contributed by atoms with van der Waals surface area (Å²) >= 11 is 0. The number of nitrogens with one attached hydrogen (secondary N) is 1. The van der Waals surface area contributed by atoms with Gasteiger partial charge in [-0.1, -0.05) is 42.5 Å². The number of aryl methyl sites for hydroxylation is 2. The average Bonchev–Trinajstić information content (AvgIpc) is 2.76. The smallest absolute Gasteiger partial charge is 0.265 e. The Morgan fingerprint density at radius 1 is 0.933 bits per heavy atom. The van der Waals surface area contributed by atoms with E-state index in [-0.39, 0.29) is 11.5 Å². The van der Waals surface area contributed by atoms with Crippen molar-refractivity contribution in [2.75, 3.05) is 5.32 Å². The summed E-state index contributed by atoms with van der Waals surface area (Å²) in [6.07, 6.45) is 2.14. The van der Waals surface area contributed by atoms with Crippen LogP contribution in [0.3, 0.4) is 0 Å². The highest BCUT2D eigenvalue weighted by Gasteiger charge is 2.10. The summed E-state index contributed by atoms with van der Waals surface area (Å²) in [5.41, 5.74) is 3.26. The van der Waals surface area contributed by atoms with Crippen LogP contribution < -0.4 is 10.9 Å². The minimum absolute atomic E-state index is 0.0144. The minimum Gasteiger partial charge on any atom is -0.326 e. The van der Waals surface area contributed by atoms with Crippen LogP contribution in [0.25, 0.3) is 16.6 Å². The van der Waals surface area contributed by atoms with Crippen LogP contribution >= 0.6 is 0 Å². The van der Waals surface area contributed by atoms with E-state index in [1.807, 2.05) is 67.6 Å². The maximum absolute atomic E-state index is 12.9. The third-order valence-corrected chi connectivity index (χ3v) is 5.06. The molecule has 0 atom stereocenters. The Balaban J connectivity index is 1.44. The second-order valence-electron chi connectivity index (χ2n) is 7.25. The van der Waals surface area contributed by atoms with Gasteiger partial charge in [0.25, 0.3) is 5.56 Å². The topological polar surface area (TPSA) is 64.0 Å². The van der Waals surface area contributed by atoms with Crippen LogP contribution in [0.1, 0.15) is 24.2 Å². The number of hydrogen-bond donors (Lipinski definition) is 1. The van der Waals surface area contributed by atoms with E-state index in [0.717, 1.165) is 18.5 Å². The van der Waals surface area contributed by atoms with Crippen LogP contribution in [0.15, 0.2) is 83.7 Å². The number of amides is 1. The van der Waals surface area contributed by atoms with Crippen molar-refractivity contribution in [3.8, 4) is 5.69 Å². The normalized spacial score (nSPS) is 10.8. The molecule has 0 spiro atoms. The lowest BCUT2D eigenvalue weighted by atomic mass is 10.1. The number of aromatic nitrogens is 2. The summed E-state index contributed by atoms with van der Waals surface area (Å²) in [4.78, 5) is 29.7. The molecule has 1 heterocycles. The maximum atomic E-state index is 12.9. The number of rotatable bonds is 6. The highest BCUT2D eigenvalue weighted by Crippen LogP contribution is 2.16. The number of hydrogen-bond acceptors (Lipinski definition) is 3. The van der Waals surface area contributed by atoms with Gasteiger partial charge in [-0.2, -0.15) is 0 Å². The van der Waals surface area contributed by atoms with Gasteiger partial charge in [0.05, 0.1) is 16.6 Å². The first-order chi connectivity index (χ1) is 14.6. The fourth-order valence-corrected chi connectivity index (χ4v) is 3.56. The average molecular weight is 397 g/mol. The molecule has 0 aliphatic rings. The third-order valence-electron chi connectivity index (χ3n) is 5.06. The van der Waals surface area contributed by atoms with E-state index in [4.69, 9.17) is 0 Å². The molecule has 1 N–H and O–H groups in total. The molecular weight excluding hydrogens is 374 g/mol. The van der Waals surface area contributed by atoms with Crippen LogP contribution in [0.2, 0.25) is 0 Å². The van der Waals surface area contributed by atoms with Gasteiger partial charge in [0.15, 0.2) is 0 Å². The second-order valence-corrected chi connectivity index (χ2v) is 7.25. The van der Waals surface area contributed by atoms with Crippen molar-refractivity contribution in [1.82, 2.24) is 9.55 Å². The molecule has 0 saturated carbocycles. The Morgan fingerprint density at radius 3 is 2.40 bits per heavy atom. The van der Waals surface area contributed by atoms with Crippen molar-refractivity contribution in [3.63, 3.8) is 0 Å². The first kappa shape index (κ1) is 19.6. The highest BCUT2D eigenvalue weighted by atomic mass is 16.1. The van der Waals surface area contributed by atoms with Gasteiger partial charge >= 0.3 is 0 Å². The number of nitrogens with zero attached hydrogens (tertiary/aromatic N) is 2. The molecule has 0 radical (unpaired) electrons. The van der Waals surface area contributed by atoms with E-state index in [2.05, 4.69) is 22.4 Å². The fourth-order valence-electron chi connectivity index (χ4n) is 3.56. The molecule has 0 aliphatic heterocycles. The van der Waals surface area contributed by atoms with Gasteiger partial charge in [-0.15, -0.1) is 0 Å². The lowest BCUT2D eigenvalue weighted by Gasteiger charge is -2.12. The van der Waals surface area contributed by atoms with Gasteiger partial charge < -0.3 is 5.32 Å². The molecule has 4 rings (SSSR count). The van der Waals surface area contributed by atoms with Gasteiger partial charge in [0.1, 0.15) is 5.82 Å². The molecule has 5 nitrogen and oxygen atoms in total. The Kier molecular flexibility index (Phi) is 5.70. The van der Waals surface area contributed by atoms with Gasteiger partial charge in [-0.25, -0.2) is 4.98 Å². The number of carbonyl (C=O) groups is 1. The van der Waals surface area contributed by atoms with Gasteiger partial charge in [-0.05, 0) is 61.7 Å². The number of fused-ring (bicyclic) bond motifs is 1. The van der Waals surface area contributed by atoms with E-state index in [9.17, 15) is 9.59 Å². The number of benzene rings is 3. The van der Waals surface area contributed by atoms with Crippen molar-refractivity contribution in [2.24, 2.45) is 0 Å². The molecular formula is C25H23N3O2. The molecule has 0 bridgehead atoms. The summed E-state index contributed by atoms with van der Waals surface area (Å²) < 4.78 is 1.59. The predicted molar refractivity (Wildman–Crippen MR) is 120 cm³/mol. The zero-order valence-electron chi connectivity index (χ0n) is 16.8. The predicted octanol–water partition coefficient (Wildman–Crippen LogP) is 4.66. The van der Waals surface area contributed by atoms with E-state index >= 15 is 0 Å². The number of carbonyl (C=O) groups excluding carboxylic acids is 1. The molecule has 1 amide bonds. The molecule has 4 aromatic rings. The Morgan fingerprint density at radius 2 is 1.63 bits per heavy atom. The lowest BCUT2D eigenvalue weighted by Crippen LogP contribution is -2.22. The van der Waals surface area contributed by atoms with E-state index in [0.29, 0.717) is 28.8 Å². The quantitative estimate of drug-likeness (QED) is 0.515. The molecule has 30 heavy (non-hydrogen) atoms. The molecule has 5 heteroatoms. The van der Waals surface area contributed by atoms with E-state index < -0.39 is 0 Å². The van der Waals surface area contributed by atoms with E-state index in [1.54, 1.807) is 10.6 Å². The fraction of sp³-hybridized carbons (Fsp3) is 0.160. The summed E-state index contributed by atoms with van der Waals surface area (Å²) in [5, 5.41) is 3.51. The van der Waals surface area contributed by atoms with Crippen LogP contribution in [-0.4, -0.2) is 15.5 Å². The van der Waals surface area contributed by atoms with E-state index in [1.165, 1.54) is 5.56 Å². The summed E-state index contributed by atoms with van der Waals surface area (Å²) in [6, 6.07) is 24.7. The summed E-state index contributed by atoms with van der Waals surface area (Å²) in [5.74, 6) is 0.607. The summed E-state index contributed by atoms with van der Waals surface area (Å²) in [6.45, 7) is 1.82. The monoisotopic (exact) mass is 397 g/mol. The molecule has 0 unspecified atom stereocenters. The first-order valence-electron chi connectivity index (χ1n) is 10.0. The van der Waals surface area contributed by atoms with Crippen molar-refractivity contribution in [3.05, 3.63) is 101 Å². The van der Waals surface area contributed by atoms with Crippen molar-refractivity contribution in [2.45, 2.75) is 26.2 Å². The Labute approximate surface area is 175 Å². The van der Waals surface area contributed by atoms with Crippen LogP contribution in [0.4, 0.5) is 5.69 Å². The standard InChI is InChI=1S/C25H23N3O2/c1-18-26-23-12-6-5-11-22(23)25(30)28(18)21-16-14-20(15-17-21)27-24(29)13-7-10-19-8-3-2-4-9-19/h2-6,8-9,11-12,14-17H,7,10,13H2,1H3,(H,27,29). The van der Waals surface area contributed by atoms with Gasteiger partial charge in [0, 0.05) is 12.1 Å². The van der Waals surface area contributed by atoms with Crippen molar-refractivity contribution < 1.29 is 4.79 Å². The zero-order valence-corrected chi connectivity index (χ0v) is 16.8. The van der Waals surface area contributed by atoms with Gasteiger partial charge in [0.2, 0.25) is 5.91 Å². The second kappa shape index (κ2) is 8.74. The molecule has 0 saturated heterocycles. The van der Waals surface area contributed by atoms with Crippen molar-refractivity contribution in [1.29, 1.82) is 0 Å². The van der Waals surface area contributed by atoms with Gasteiger partial charge in [-0.3, -0.25) is 14.2 Å². The Hall–Kier alpha value is -3.73. The van der Waals surface area contributed by atoms with Crippen LogP contribution in [0, 0.1) is 6.92 Å². The zero-order chi connectivity index (χ0) is 20.9. The third kappa shape index (κ3) is 4.30. The SMILES string of the molecule is Cc1nc2ccccc2c(=O)n1-c1ccc(NC(=O)CCCc2ccccc2)cc1.